The molecular weight excluding hydrogens is 423 g/mol. The lowest BCUT2D eigenvalue weighted by molar-refractivity contribution is 0.0769. The number of hydrogen-bond acceptors (Lipinski definition) is 4. The van der Waals surface area contributed by atoms with Gasteiger partial charge in [-0.25, -0.2) is 4.39 Å². The largest absolute Gasteiger partial charge is 0.391 e. The van der Waals surface area contributed by atoms with Gasteiger partial charge in [-0.05, 0) is 52.7 Å². The molecule has 1 N–H and O–H groups in total. The van der Waals surface area contributed by atoms with Crippen LogP contribution in [0.1, 0.15) is 16.1 Å². The molecule has 134 valence electrons. The lowest BCUT2D eigenvalue weighted by Gasteiger charge is -2.14. The van der Waals surface area contributed by atoms with E-state index in [1.54, 1.807) is 11.0 Å². The number of aromatic nitrogens is 1. The molecule has 1 aliphatic rings. The number of carbonyl (C=O) groups is 1. The molecule has 0 radical (unpaired) electrons. The lowest BCUT2D eigenvalue weighted by Crippen LogP contribution is -2.29. The van der Waals surface area contributed by atoms with Crippen molar-refractivity contribution in [1.82, 2.24) is 9.47 Å². The number of aliphatic hydroxyl groups is 1. The van der Waals surface area contributed by atoms with Crippen LogP contribution in [0.15, 0.2) is 45.7 Å². The first kappa shape index (κ1) is 17.4. The van der Waals surface area contributed by atoms with Gasteiger partial charge in [0, 0.05) is 24.5 Å². The number of fused-ring (bicyclic) bond motifs is 1. The fraction of sp³-hybridized carbons (Fsp3) is 0.222. The standard InChI is InChI=1S/C18H14BrFN2O3S/c19-15-13-5-6-14(24)22(11-3-1-10(20)2-4-11)18(13)26-16(15)17(25)21-8-7-12(23)9-21/h1-6,12,23H,7-9H2/t12-/m1/s1. The molecule has 1 aromatic carbocycles. The number of β-amino-alcohol motifs (C(OH)–C–C–N with tert-alkyl or cyclic N) is 1. The molecule has 1 atom stereocenters. The second kappa shape index (κ2) is 6.61. The van der Waals surface area contributed by atoms with E-state index in [0.717, 1.165) is 5.39 Å². The van der Waals surface area contributed by atoms with Crippen LogP contribution in [0.5, 0.6) is 0 Å². The summed E-state index contributed by atoms with van der Waals surface area (Å²) in [6.45, 7) is 0.815. The molecule has 0 saturated carbocycles. The first-order valence-electron chi connectivity index (χ1n) is 8.03. The zero-order chi connectivity index (χ0) is 18.4. The number of amides is 1. The molecule has 0 bridgehead atoms. The van der Waals surface area contributed by atoms with Crippen molar-refractivity contribution in [3.05, 3.63) is 61.9 Å². The Morgan fingerprint density at radius 1 is 1.23 bits per heavy atom. The van der Waals surface area contributed by atoms with Crippen molar-refractivity contribution in [2.24, 2.45) is 0 Å². The van der Waals surface area contributed by atoms with Gasteiger partial charge in [0.25, 0.3) is 11.5 Å². The molecule has 1 amide bonds. The van der Waals surface area contributed by atoms with Gasteiger partial charge in [0.1, 0.15) is 15.5 Å². The molecule has 2 aromatic heterocycles. The molecule has 0 spiro atoms. The first-order chi connectivity index (χ1) is 12.5. The molecule has 8 heteroatoms. The number of benzene rings is 1. The maximum atomic E-state index is 13.2. The van der Waals surface area contributed by atoms with Gasteiger partial charge < -0.3 is 10.0 Å². The highest BCUT2D eigenvalue weighted by atomic mass is 79.9. The Morgan fingerprint density at radius 2 is 1.96 bits per heavy atom. The van der Waals surface area contributed by atoms with E-state index in [2.05, 4.69) is 15.9 Å². The van der Waals surface area contributed by atoms with Gasteiger partial charge >= 0.3 is 0 Å². The summed E-state index contributed by atoms with van der Waals surface area (Å²) in [6.07, 6.45) is 0.0682. The minimum atomic E-state index is -0.496. The van der Waals surface area contributed by atoms with Gasteiger partial charge in [0.2, 0.25) is 0 Å². The summed E-state index contributed by atoms with van der Waals surface area (Å²) in [6, 6.07) is 8.75. The Bertz CT molecular complexity index is 1060. The van der Waals surface area contributed by atoms with Crippen LogP contribution in [0.3, 0.4) is 0 Å². The summed E-state index contributed by atoms with van der Waals surface area (Å²) in [5, 5.41) is 10.4. The fourth-order valence-corrected chi connectivity index (χ4v) is 5.13. The van der Waals surface area contributed by atoms with Crippen molar-refractivity contribution in [3.63, 3.8) is 0 Å². The van der Waals surface area contributed by atoms with Crippen molar-refractivity contribution < 1.29 is 14.3 Å². The quantitative estimate of drug-likeness (QED) is 0.670. The summed E-state index contributed by atoms with van der Waals surface area (Å²) in [7, 11) is 0. The van der Waals surface area contributed by atoms with Crippen LogP contribution in [0.25, 0.3) is 15.9 Å². The van der Waals surface area contributed by atoms with Crippen LogP contribution < -0.4 is 5.56 Å². The first-order valence-corrected chi connectivity index (χ1v) is 9.64. The topological polar surface area (TPSA) is 62.5 Å². The molecule has 26 heavy (non-hydrogen) atoms. The third-order valence-electron chi connectivity index (χ3n) is 4.41. The zero-order valence-electron chi connectivity index (χ0n) is 13.5. The number of carbonyl (C=O) groups excluding carboxylic acids is 1. The van der Waals surface area contributed by atoms with E-state index in [4.69, 9.17) is 0 Å². The molecular formula is C18H14BrFN2O3S. The van der Waals surface area contributed by atoms with E-state index in [-0.39, 0.29) is 17.3 Å². The van der Waals surface area contributed by atoms with Crippen LogP contribution in [0, 0.1) is 5.82 Å². The van der Waals surface area contributed by atoms with Gasteiger partial charge in [-0.15, -0.1) is 11.3 Å². The number of likely N-dealkylation sites (tertiary alicyclic amines) is 1. The van der Waals surface area contributed by atoms with Gasteiger partial charge in [0.05, 0.1) is 16.3 Å². The lowest BCUT2D eigenvalue weighted by atomic mass is 10.2. The minimum absolute atomic E-state index is 0.173. The Labute approximate surface area is 160 Å². The van der Waals surface area contributed by atoms with Gasteiger partial charge in [-0.2, -0.15) is 0 Å². The number of thiophene rings is 1. The van der Waals surface area contributed by atoms with Crippen molar-refractivity contribution in [2.75, 3.05) is 13.1 Å². The van der Waals surface area contributed by atoms with E-state index in [1.165, 1.54) is 46.2 Å². The third kappa shape index (κ3) is 2.87. The summed E-state index contributed by atoms with van der Waals surface area (Å²) in [4.78, 5) is 28.0. The van der Waals surface area contributed by atoms with E-state index in [9.17, 15) is 19.1 Å². The van der Waals surface area contributed by atoms with Crippen molar-refractivity contribution >= 4 is 43.4 Å². The molecule has 0 unspecified atom stereocenters. The molecule has 1 fully saturated rings. The van der Waals surface area contributed by atoms with E-state index in [1.807, 2.05) is 0 Å². The normalized spacial score (nSPS) is 17.2. The molecule has 3 heterocycles. The summed E-state index contributed by atoms with van der Waals surface area (Å²) in [5.74, 6) is -0.558. The Hall–Kier alpha value is -2.03. The van der Waals surface area contributed by atoms with Crippen LogP contribution in [0.2, 0.25) is 0 Å². The maximum Gasteiger partial charge on any atom is 0.265 e. The monoisotopic (exact) mass is 436 g/mol. The molecule has 5 nitrogen and oxygen atoms in total. The van der Waals surface area contributed by atoms with Crippen LogP contribution in [0.4, 0.5) is 4.39 Å². The highest BCUT2D eigenvalue weighted by Gasteiger charge is 2.29. The Balaban J connectivity index is 1.87. The molecule has 1 aliphatic heterocycles. The zero-order valence-corrected chi connectivity index (χ0v) is 15.9. The summed E-state index contributed by atoms with van der Waals surface area (Å²) < 4.78 is 15.3. The number of pyridine rings is 1. The Kier molecular flexibility index (Phi) is 4.42. The number of hydrogen-bond donors (Lipinski definition) is 1. The predicted octanol–water partition coefficient (Wildman–Crippen LogP) is 3.16. The molecule has 0 aliphatic carbocycles. The number of halogens is 2. The highest BCUT2D eigenvalue weighted by molar-refractivity contribution is 9.10. The number of aliphatic hydroxyl groups excluding tert-OH is 1. The van der Waals surface area contributed by atoms with E-state index in [0.29, 0.717) is 39.4 Å². The summed E-state index contributed by atoms with van der Waals surface area (Å²) in [5.41, 5.74) is 0.278. The second-order valence-corrected chi connectivity index (χ2v) is 7.93. The van der Waals surface area contributed by atoms with E-state index < -0.39 is 6.10 Å². The van der Waals surface area contributed by atoms with Gasteiger partial charge in [-0.1, -0.05) is 0 Å². The van der Waals surface area contributed by atoms with Crippen LogP contribution in [-0.4, -0.2) is 39.7 Å². The minimum Gasteiger partial charge on any atom is -0.391 e. The van der Waals surface area contributed by atoms with Crippen molar-refractivity contribution in [2.45, 2.75) is 12.5 Å². The second-order valence-electron chi connectivity index (χ2n) is 6.14. The smallest absolute Gasteiger partial charge is 0.265 e. The van der Waals surface area contributed by atoms with Crippen LogP contribution >= 0.6 is 27.3 Å². The third-order valence-corrected chi connectivity index (χ3v) is 6.68. The molecule has 1 saturated heterocycles. The summed E-state index contributed by atoms with van der Waals surface area (Å²) >= 11 is 4.69. The van der Waals surface area contributed by atoms with Crippen molar-refractivity contribution in [1.29, 1.82) is 0 Å². The average Bonchev–Trinajstić information content (AvgIpc) is 3.19. The molecule has 4 rings (SSSR count). The van der Waals surface area contributed by atoms with Gasteiger partial charge in [0.15, 0.2) is 0 Å². The SMILES string of the molecule is O=C(c1sc2c(ccc(=O)n2-c2ccc(F)cc2)c1Br)N1CC[C@@H](O)C1. The van der Waals surface area contributed by atoms with E-state index >= 15 is 0 Å². The average molecular weight is 437 g/mol. The number of nitrogens with zero attached hydrogens (tertiary/aromatic N) is 2. The maximum absolute atomic E-state index is 13.2. The predicted molar refractivity (Wildman–Crippen MR) is 102 cm³/mol. The van der Waals surface area contributed by atoms with Gasteiger partial charge in [-0.3, -0.25) is 14.2 Å². The molecule has 3 aromatic rings. The van der Waals surface area contributed by atoms with Crippen molar-refractivity contribution in [3.8, 4) is 5.69 Å². The fourth-order valence-electron chi connectivity index (χ4n) is 3.09. The Morgan fingerprint density at radius 3 is 2.62 bits per heavy atom. The number of rotatable bonds is 2. The van der Waals surface area contributed by atoms with Crippen LogP contribution in [-0.2, 0) is 0 Å². The highest BCUT2D eigenvalue weighted by Crippen LogP contribution is 2.37.